The van der Waals surface area contributed by atoms with Crippen LogP contribution in [0.15, 0.2) is 36.8 Å². The molecule has 3 N–H and O–H groups in total. The lowest BCUT2D eigenvalue weighted by molar-refractivity contribution is 0.0995. The Balaban J connectivity index is 1.74. The molecule has 0 radical (unpaired) electrons. The number of carbonyl (C=O) groups is 1. The number of nitrogens with zero attached hydrogens (tertiary/aromatic N) is 2. The van der Waals surface area contributed by atoms with Crippen LogP contribution in [0.25, 0.3) is 0 Å². The van der Waals surface area contributed by atoms with Crippen molar-refractivity contribution in [3.8, 4) is 5.75 Å². The Bertz CT molecular complexity index is 704. The SMILES string of the molecule is CC(C)(C)c1cccc(OCCC[C@H](O)Cn2cnc(C(N)=O)c2)c1. The number of carbonyl (C=O) groups excluding carboxylic acids is 1. The normalized spacial score (nSPS) is 12.8. The Hall–Kier alpha value is -2.34. The molecule has 0 fully saturated rings. The molecule has 0 unspecified atom stereocenters. The van der Waals surface area contributed by atoms with Crippen LogP contribution in [-0.4, -0.2) is 33.3 Å². The van der Waals surface area contributed by atoms with Gasteiger partial charge in [-0.25, -0.2) is 4.98 Å². The van der Waals surface area contributed by atoms with Gasteiger partial charge in [0.2, 0.25) is 0 Å². The number of imidazole rings is 1. The van der Waals surface area contributed by atoms with Gasteiger partial charge < -0.3 is 20.1 Å². The molecule has 0 spiro atoms. The molecule has 1 aromatic heterocycles. The van der Waals surface area contributed by atoms with Crippen LogP contribution in [0.1, 0.15) is 49.7 Å². The molecule has 0 aliphatic rings. The van der Waals surface area contributed by atoms with Gasteiger partial charge in [0, 0.05) is 12.7 Å². The van der Waals surface area contributed by atoms with Gasteiger partial charge in [0.05, 0.1) is 19.0 Å². The Labute approximate surface area is 148 Å². The highest BCUT2D eigenvalue weighted by molar-refractivity contribution is 5.90. The van der Waals surface area contributed by atoms with Crippen molar-refractivity contribution in [1.82, 2.24) is 9.55 Å². The minimum atomic E-state index is -0.570. The third kappa shape index (κ3) is 5.90. The average Bonchev–Trinajstić information content (AvgIpc) is 3.00. The van der Waals surface area contributed by atoms with Crippen molar-refractivity contribution in [3.05, 3.63) is 48.0 Å². The van der Waals surface area contributed by atoms with Crippen molar-refractivity contribution in [2.45, 2.75) is 51.7 Å². The lowest BCUT2D eigenvalue weighted by Crippen LogP contribution is -2.16. The number of hydrogen-bond donors (Lipinski definition) is 2. The van der Waals surface area contributed by atoms with E-state index in [4.69, 9.17) is 10.5 Å². The monoisotopic (exact) mass is 345 g/mol. The Morgan fingerprint density at radius 1 is 1.40 bits per heavy atom. The van der Waals surface area contributed by atoms with Gasteiger partial charge in [-0.05, 0) is 36.0 Å². The Morgan fingerprint density at radius 2 is 2.16 bits per heavy atom. The third-order valence-corrected chi connectivity index (χ3v) is 3.96. The highest BCUT2D eigenvalue weighted by Crippen LogP contribution is 2.25. The van der Waals surface area contributed by atoms with Crippen molar-refractivity contribution in [3.63, 3.8) is 0 Å². The van der Waals surface area contributed by atoms with Crippen LogP contribution in [-0.2, 0) is 12.0 Å². The molecule has 2 rings (SSSR count). The van der Waals surface area contributed by atoms with Crippen LogP contribution in [0.4, 0.5) is 0 Å². The molecule has 1 amide bonds. The van der Waals surface area contributed by atoms with Crippen molar-refractivity contribution in [2.24, 2.45) is 5.73 Å². The molecule has 1 heterocycles. The fourth-order valence-electron chi connectivity index (χ4n) is 2.48. The number of ether oxygens (including phenoxy) is 1. The van der Waals surface area contributed by atoms with Gasteiger partial charge in [-0.15, -0.1) is 0 Å². The van der Waals surface area contributed by atoms with E-state index in [9.17, 15) is 9.90 Å². The van der Waals surface area contributed by atoms with Crippen LogP contribution in [0.3, 0.4) is 0 Å². The first-order valence-corrected chi connectivity index (χ1v) is 8.48. The van der Waals surface area contributed by atoms with E-state index in [1.165, 1.54) is 11.9 Å². The molecule has 136 valence electrons. The molecule has 1 atom stereocenters. The summed E-state index contributed by atoms with van der Waals surface area (Å²) in [5.74, 6) is 0.279. The number of amides is 1. The molecular formula is C19H27N3O3. The highest BCUT2D eigenvalue weighted by atomic mass is 16.5. The Morgan fingerprint density at radius 3 is 2.80 bits per heavy atom. The lowest BCUT2D eigenvalue weighted by atomic mass is 9.87. The van der Waals surface area contributed by atoms with Gasteiger partial charge in [0.1, 0.15) is 11.4 Å². The fraction of sp³-hybridized carbons (Fsp3) is 0.474. The zero-order chi connectivity index (χ0) is 18.4. The number of benzene rings is 1. The number of aromatic nitrogens is 2. The molecule has 25 heavy (non-hydrogen) atoms. The minimum Gasteiger partial charge on any atom is -0.494 e. The predicted octanol–water partition coefficient (Wildman–Crippen LogP) is 2.50. The summed E-state index contributed by atoms with van der Waals surface area (Å²) >= 11 is 0. The van der Waals surface area contributed by atoms with E-state index >= 15 is 0 Å². The van der Waals surface area contributed by atoms with Crippen LogP contribution in [0.5, 0.6) is 5.75 Å². The molecule has 6 heteroatoms. The summed E-state index contributed by atoms with van der Waals surface area (Å²) in [5, 5.41) is 10.1. The zero-order valence-electron chi connectivity index (χ0n) is 15.1. The molecule has 0 saturated carbocycles. The maximum atomic E-state index is 11.0. The molecular weight excluding hydrogens is 318 g/mol. The summed E-state index contributed by atoms with van der Waals surface area (Å²) in [6.45, 7) is 7.42. The van der Waals surface area contributed by atoms with E-state index in [-0.39, 0.29) is 11.1 Å². The number of primary amides is 1. The van der Waals surface area contributed by atoms with Crippen molar-refractivity contribution in [1.29, 1.82) is 0 Å². The van der Waals surface area contributed by atoms with Crippen LogP contribution < -0.4 is 10.5 Å². The van der Waals surface area contributed by atoms with Crippen molar-refractivity contribution >= 4 is 5.91 Å². The first-order chi connectivity index (χ1) is 11.8. The van der Waals surface area contributed by atoms with Crippen LogP contribution in [0, 0.1) is 0 Å². The summed E-state index contributed by atoms with van der Waals surface area (Å²) in [7, 11) is 0. The van der Waals surface area contributed by atoms with Crippen LogP contribution in [0.2, 0.25) is 0 Å². The first kappa shape index (κ1) is 19.0. The topological polar surface area (TPSA) is 90.4 Å². The second-order valence-electron chi connectivity index (χ2n) is 7.24. The molecule has 1 aromatic carbocycles. The highest BCUT2D eigenvalue weighted by Gasteiger charge is 2.14. The van der Waals surface area contributed by atoms with Crippen molar-refractivity contribution < 1.29 is 14.6 Å². The van der Waals surface area contributed by atoms with Gasteiger partial charge in [0.15, 0.2) is 0 Å². The maximum absolute atomic E-state index is 11.0. The number of nitrogens with two attached hydrogens (primary N) is 1. The largest absolute Gasteiger partial charge is 0.494 e. The number of aliphatic hydroxyl groups excluding tert-OH is 1. The third-order valence-electron chi connectivity index (χ3n) is 3.96. The van der Waals surface area contributed by atoms with E-state index in [1.807, 2.05) is 12.1 Å². The van der Waals surface area contributed by atoms with Gasteiger partial charge in [-0.3, -0.25) is 4.79 Å². The van der Waals surface area contributed by atoms with E-state index in [0.29, 0.717) is 19.6 Å². The van der Waals surface area contributed by atoms with E-state index < -0.39 is 12.0 Å². The van der Waals surface area contributed by atoms with Gasteiger partial charge >= 0.3 is 0 Å². The average molecular weight is 345 g/mol. The maximum Gasteiger partial charge on any atom is 0.268 e. The van der Waals surface area contributed by atoms with E-state index in [2.05, 4.69) is 37.9 Å². The summed E-state index contributed by atoms with van der Waals surface area (Å²) in [6, 6.07) is 8.11. The fourth-order valence-corrected chi connectivity index (χ4v) is 2.48. The quantitative estimate of drug-likeness (QED) is 0.719. The van der Waals surface area contributed by atoms with Gasteiger partial charge in [0.25, 0.3) is 5.91 Å². The van der Waals surface area contributed by atoms with Gasteiger partial charge in [-0.2, -0.15) is 0 Å². The molecule has 0 aliphatic carbocycles. The van der Waals surface area contributed by atoms with Crippen LogP contribution >= 0.6 is 0 Å². The molecule has 0 aliphatic heterocycles. The minimum absolute atomic E-state index is 0.0874. The second-order valence-corrected chi connectivity index (χ2v) is 7.24. The molecule has 6 nitrogen and oxygen atoms in total. The Kier molecular flexibility index (Phi) is 6.20. The van der Waals surface area contributed by atoms with Gasteiger partial charge in [-0.1, -0.05) is 32.9 Å². The standard InChI is InChI=1S/C19H27N3O3/c1-19(2,3)14-6-4-8-16(10-14)25-9-5-7-15(23)11-22-12-17(18(20)24)21-13-22/h4,6,8,10,12-13,15,23H,5,7,9,11H2,1-3H3,(H2,20,24)/t15-/m0/s1. The lowest BCUT2D eigenvalue weighted by Gasteiger charge is -2.20. The smallest absolute Gasteiger partial charge is 0.268 e. The predicted molar refractivity (Wildman–Crippen MR) is 96.6 cm³/mol. The molecule has 0 bridgehead atoms. The summed E-state index contributed by atoms with van der Waals surface area (Å²) in [4.78, 5) is 14.9. The number of hydrogen-bond acceptors (Lipinski definition) is 4. The zero-order valence-corrected chi connectivity index (χ0v) is 15.1. The first-order valence-electron chi connectivity index (χ1n) is 8.48. The summed E-state index contributed by atoms with van der Waals surface area (Å²) in [6.07, 6.45) is 3.85. The molecule has 2 aromatic rings. The summed E-state index contributed by atoms with van der Waals surface area (Å²) in [5.41, 5.74) is 6.68. The number of rotatable bonds is 8. The van der Waals surface area contributed by atoms with Crippen molar-refractivity contribution in [2.75, 3.05) is 6.61 Å². The second kappa shape index (κ2) is 8.16. The summed E-state index contributed by atoms with van der Waals surface area (Å²) < 4.78 is 7.45. The molecule has 0 saturated heterocycles. The van der Waals surface area contributed by atoms with E-state index in [0.717, 1.165) is 12.2 Å². The van der Waals surface area contributed by atoms with E-state index in [1.54, 1.807) is 10.8 Å². The number of aliphatic hydroxyl groups is 1.